The summed E-state index contributed by atoms with van der Waals surface area (Å²) in [4.78, 5) is 14.9. The van der Waals surface area contributed by atoms with Gasteiger partial charge in [-0.05, 0) is 55.6 Å². The molecule has 24 heavy (non-hydrogen) atoms. The summed E-state index contributed by atoms with van der Waals surface area (Å²) >= 11 is 0. The summed E-state index contributed by atoms with van der Waals surface area (Å²) in [6.07, 6.45) is 3.64. The SMILES string of the molecule is CCC(CNC(=O)c1ccc(-c2ccccc2)cc1)N1CCCC1. The van der Waals surface area contributed by atoms with E-state index in [2.05, 4.69) is 29.3 Å². The summed E-state index contributed by atoms with van der Waals surface area (Å²) < 4.78 is 0. The third-order valence-corrected chi connectivity index (χ3v) is 4.88. The Morgan fingerprint density at radius 1 is 1.00 bits per heavy atom. The Morgan fingerprint density at radius 2 is 1.62 bits per heavy atom. The summed E-state index contributed by atoms with van der Waals surface area (Å²) in [7, 11) is 0. The molecule has 3 rings (SSSR count). The van der Waals surface area contributed by atoms with Crippen LogP contribution in [0.5, 0.6) is 0 Å². The highest BCUT2D eigenvalue weighted by Gasteiger charge is 2.20. The Hall–Kier alpha value is -2.13. The van der Waals surface area contributed by atoms with Crippen molar-refractivity contribution in [1.82, 2.24) is 10.2 Å². The van der Waals surface area contributed by atoms with Crippen LogP contribution in [0.2, 0.25) is 0 Å². The second kappa shape index (κ2) is 8.11. The maximum Gasteiger partial charge on any atom is 0.251 e. The van der Waals surface area contributed by atoms with Gasteiger partial charge in [0.1, 0.15) is 0 Å². The molecule has 1 heterocycles. The van der Waals surface area contributed by atoms with E-state index in [1.807, 2.05) is 42.5 Å². The van der Waals surface area contributed by atoms with Gasteiger partial charge in [-0.1, -0.05) is 49.4 Å². The van der Waals surface area contributed by atoms with E-state index in [4.69, 9.17) is 0 Å². The Balaban J connectivity index is 1.58. The van der Waals surface area contributed by atoms with Gasteiger partial charge >= 0.3 is 0 Å². The molecule has 1 fully saturated rings. The fraction of sp³-hybridized carbons (Fsp3) is 0.381. The van der Waals surface area contributed by atoms with Crippen molar-refractivity contribution < 1.29 is 4.79 Å². The van der Waals surface area contributed by atoms with Crippen molar-refractivity contribution in [3.05, 3.63) is 60.2 Å². The topological polar surface area (TPSA) is 32.3 Å². The predicted octanol–water partition coefficient (Wildman–Crippen LogP) is 3.96. The molecule has 0 aliphatic carbocycles. The van der Waals surface area contributed by atoms with E-state index in [1.165, 1.54) is 31.5 Å². The van der Waals surface area contributed by atoms with Gasteiger partial charge in [-0.3, -0.25) is 9.69 Å². The van der Waals surface area contributed by atoms with Crippen molar-refractivity contribution in [2.75, 3.05) is 19.6 Å². The van der Waals surface area contributed by atoms with E-state index in [-0.39, 0.29) is 5.91 Å². The van der Waals surface area contributed by atoms with Gasteiger partial charge in [0.2, 0.25) is 0 Å². The van der Waals surface area contributed by atoms with Crippen LogP contribution in [0.15, 0.2) is 54.6 Å². The third kappa shape index (κ3) is 4.04. The molecular weight excluding hydrogens is 296 g/mol. The van der Waals surface area contributed by atoms with Crippen molar-refractivity contribution in [2.45, 2.75) is 32.2 Å². The van der Waals surface area contributed by atoms with Gasteiger partial charge in [-0.25, -0.2) is 0 Å². The maximum absolute atomic E-state index is 12.4. The largest absolute Gasteiger partial charge is 0.350 e. The first kappa shape index (κ1) is 16.7. The van der Waals surface area contributed by atoms with Crippen molar-refractivity contribution >= 4 is 5.91 Å². The summed E-state index contributed by atoms with van der Waals surface area (Å²) in [5, 5.41) is 3.11. The lowest BCUT2D eigenvalue weighted by molar-refractivity contribution is 0.0937. The highest BCUT2D eigenvalue weighted by atomic mass is 16.1. The van der Waals surface area contributed by atoms with E-state index >= 15 is 0 Å². The van der Waals surface area contributed by atoms with Crippen LogP contribution in [0.4, 0.5) is 0 Å². The molecule has 0 aromatic heterocycles. The van der Waals surface area contributed by atoms with E-state index in [0.717, 1.165) is 24.1 Å². The van der Waals surface area contributed by atoms with Gasteiger partial charge in [0.05, 0.1) is 0 Å². The second-order valence-electron chi connectivity index (χ2n) is 6.46. The van der Waals surface area contributed by atoms with Gasteiger partial charge < -0.3 is 5.32 Å². The van der Waals surface area contributed by atoms with Gasteiger partial charge in [0.25, 0.3) is 5.91 Å². The van der Waals surface area contributed by atoms with E-state index in [1.54, 1.807) is 0 Å². The first-order valence-electron chi connectivity index (χ1n) is 8.95. The quantitative estimate of drug-likeness (QED) is 0.873. The molecule has 0 saturated carbocycles. The molecule has 1 aliphatic heterocycles. The Kier molecular flexibility index (Phi) is 5.65. The number of benzene rings is 2. The Bertz CT molecular complexity index is 645. The zero-order valence-electron chi connectivity index (χ0n) is 14.4. The molecule has 2 aromatic carbocycles. The summed E-state index contributed by atoms with van der Waals surface area (Å²) in [5.74, 6) is 0.0206. The maximum atomic E-state index is 12.4. The molecule has 1 aliphatic rings. The normalized spacial score (nSPS) is 16.0. The van der Waals surface area contributed by atoms with Crippen molar-refractivity contribution in [2.24, 2.45) is 0 Å². The molecule has 3 nitrogen and oxygen atoms in total. The smallest absolute Gasteiger partial charge is 0.251 e. The zero-order chi connectivity index (χ0) is 16.8. The summed E-state index contributed by atoms with van der Waals surface area (Å²) in [6, 6.07) is 18.5. The lowest BCUT2D eigenvalue weighted by atomic mass is 10.0. The van der Waals surface area contributed by atoms with Crippen LogP contribution in [0.1, 0.15) is 36.5 Å². The van der Waals surface area contributed by atoms with Crippen LogP contribution in [0.25, 0.3) is 11.1 Å². The fourth-order valence-electron chi connectivity index (χ4n) is 3.40. The Morgan fingerprint density at radius 3 is 2.25 bits per heavy atom. The zero-order valence-corrected chi connectivity index (χ0v) is 14.4. The summed E-state index contributed by atoms with van der Waals surface area (Å²) in [5.41, 5.74) is 3.03. The fourth-order valence-corrected chi connectivity index (χ4v) is 3.40. The minimum atomic E-state index is 0.0206. The number of hydrogen-bond acceptors (Lipinski definition) is 2. The molecule has 0 spiro atoms. The number of nitrogens with zero attached hydrogens (tertiary/aromatic N) is 1. The van der Waals surface area contributed by atoms with Crippen LogP contribution in [-0.2, 0) is 0 Å². The van der Waals surface area contributed by atoms with Gasteiger partial charge in [0, 0.05) is 18.2 Å². The van der Waals surface area contributed by atoms with Crippen LogP contribution in [-0.4, -0.2) is 36.5 Å². The predicted molar refractivity (Wildman–Crippen MR) is 99.1 cm³/mol. The molecule has 1 atom stereocenters. The number of likely N-dealkylation sites (tertiary alicyclic amines) is 1. The highest BCUT2D eigenvalue weighted by Crippen LogP contribution is 2.19. The van der Waals surface area contributed by atoms with Gasteiger partial charge in [0.15, 0.2) is 0 Å². The van der Waals surface area contributed by atoms with Crippen molar-refractivity contribution in [3.8, 4) is 11.1 Å². The number of amides is 1. The van der Waals surface area contributed by atoms with Gasteiger partial charge in [-0.2, -0.15) is 0 Å². The minimum absolute atomic E-state index is 0.0206. The number of carbonyl (C=O) groups is 1. The molecule has 1 N–H and O–H groups in total. The van der Waals surface area contributed by atoms with E-state index in [0.29, 0.717) is 6.04 Å². The first-order chi connectivity index (χ1) is 11.8. The number of carbonyl (C=O) groups excluding carboxylic acids is 1. The molecule has 1 amide bonds. The number of rotatable bonds is 6. The highest BCUT2D eigenvalue weighted by molar-refractivity contribution is 5.94. The second-order valence-corrected chi connectivity index (χ2v) is 6.46. The molecule has 1 saturated heterocycles. The van der Waals surface area contributed by atoms with E-state index in [9.17, 15) is 4.79 Å². The molecule has 0 bridgehead atoms. The van der Waals surface area contributed by atoms with Crippen molar-refractivity contribution in [3.63, 3.8) is 0 Å². The molecular formula is C21H26N2O. The molecule has 1 unspecified atom stereocenters. The molecule has 2 aromatic rings. The van der Waals surface area contributed by atoms with Gasteiger partial charge in [-0.15, -0.1) is 0 Å². The third-order valence-electron chi connectivity index (χ3n) is 4.88. The Labute approximate surface area is 144 Å². The lowest BCUT2D eigenvalue weighted by Crippen LogP contribution is -2.42. The number of hydrogen-bond donors (Lipinski definition) is 1. The minimum Gasteiger partial charge on any atom is -0.350 e. The molecule has 3 heteroatoms. The lowest BCUT2D eigenvalue weighted by Gasteiger charge is -2.26. The average molecular weight is 322 g/mol. The molecule has 0 radical (unpaired) electrons. The van der Waals surface area contributed by atoms with Crippen LogP contribution in [0.3, 0.4) is 0 Å². The van der Waals surface area contributed by atoms with Crippen LogP contribution in [0, 0.1) is 0 Å². The summed E-state index contributed by atoms with van der Waals surface area (Å²) in [6.45, 7) is 5.26. The molecule has 126 valence electrons. The average Bonchev–Trinajstić information content (AvgIpc) is 3.17. The standard InChI is InChI=1S/C21H26N2O/c1-2-20(23-14-6-7-15-23)16-22-21(24)19-12-10-18(11-13-19)17-8-4-3-5-9-17/h3-5,8-13,20H,2,6-7,14-16H2,1H3,(H,22,24). The van der Waals surface area contributed by atoms with Crippen LogP contribution >= 0.6 is 0 Å². The van der Waals surface area contributed by atoms with Crippen molar-refractivity contribution in [1.29, 1.82) is 0 Å². The first-order valence-corrected chi connectivity index (χ1v) is 8.95. The number of nitrogens with one attached hydrogen (secondary N) is 1. The monoisotopic (exact) mass is 322 g/mol. The van der Waals surface area contributed by atoms with Crippen LogP contribution < -0.4 is 5.32 Å². The van der Waals surface area contributed by atoms with E-state index < -0.39 is 0 Å².